The van der Waals surface area contributed by atoms with Crippen molar-refractivity contribution in [2.75, 3.05) is 19.8 Å². The Kier molecular flexibility index (Phi) is 4.23. The predicted octanol–water partition coefficient (Wildman–Crippen LogP) is 3.02. The first-order chi connectivity index (χ1) is 11.3. The minimum Gasteiger partial charge on any atom is -0.468 e. The van der Waals surface area contributed by atoms with Crippen LogP contribution in [0.1, 0.15) is 42.7 Å². The first kappa shape index (κ1) is 15.0. The third-order valence-electron chi connectivity index (χ3n) is 4.82. The van der Waals surface area contributed by atoms with Gasteiger partial charge in [-0.3, -0.25) is 9.58 Å². The van der Waals surface area contributed by atoms with Crippen LogP contribution in [0.2, 0.25) is 0 Å². The lowest BCUT2D eigenvalue weighted by molar-refractivity contribution is 0.0873. The molecule has 0 amide bonds. The Hall–Kier alpha value is -1.59. The van der Waals surface area contributed by atoms with E-state index in [0.29, 0.717) is 5.92 Å². The molecule has 1 saturated carbocycles. The SMILES string of the molecule is CCn1cc2c(n1)CN(Cc1ccco1)C[C@@H]2COCC1CC1. The highest BCUT2D eigenvalue weighted by Crippen LogP contribution is 2.31. The predicted molar refractivity (Wildman–Crippen MR) is 87.0 cm³/mol. The standard InChI is InChI=1S/C18H25N3O2/c1-2-21-10-17-15(13-22-12-14-5-6-14)8-20(11-18(17)19-21)9-16-4-3-7-23-16/h3-4,7,10,14-15H,2,5-6,8-9,11-13H2,1H3/t15-/m1/s1. The average Bonchev–Trinajstić information content (AvgIpc) is 3.06. The van der Waals surface area contributed by atoms with Crippen LogP contribution in [-0.2, 0) is 24.4 Å². The molecule has 0 saturated heterocycles. The van der Waals surface area contributed by atoms with Gasteiger partial charge in [0.2, 0.25) is 0 Å². The summed E-state index contributed by atoms with van der Waals surface area (Å²) in [6.45, 7) is 7.51. The summed E-state index contributed by atoms with van der Waals surface area (Å²) in [5.41, 5.74) is 2.57. The highest BCUT2D eigenvalue weighted by Gasteiger charge is 2.29. The smallest absolute Gasteiger partial charge is 0.117 e. The van der Waals surface area contributed by atoms with Gasteiger partial charge in [0.15, 0.2) is 0 Å². The van der Waals surface area contributed by atoms with Crippen molar-refractivity contribution in [1.29, 1.82) is 0 Å². The fourth-order valence-corrected chi connectivity index (χ4v) is 3.34. The van der Waals surface area contributed by atoms with E-state index in [1.54, 1.807) is 6.26 Å². The van der Waals surface area contributed by atoms with Crippen LogP contribution in [0, 0.1) is 5.92 Å². The van der Waals surface area contributed by atoms with Gasteiger partial charge in [-0.05, 0) is 37.8 Å². The molecule has 0 spiro atoms. The van der Waals surface area contributed by atoms with E-state index in [2.05, 4.69) is 22.7 Å². The average molecular weight is 315 g/mol. The van der Waals surface area contributed by atoms with Crippen molar-refractivity contribution in [2.24, 2.45) is 5.92 Å². The summed E-state index contributed by atoms with van der Waals surface area (Å²) < 4.78 is 13.6. The van der Waals surface area contributed by atoms with Crippen LogP contribution < -0.4 is 0 Å². The van der Waals surface area contributed by atoms with Gasteiger partial charge in [-0.1, -0.05) is 0 Å². The zero-order chi connectivity index (χ0) is 15.6. The van der Waals surface area contributed by atoms with Crippen molar-refractivity contribution in [3.8, 4) is 0 Å². The second kappa shape index (κ2) is 6.49. The van der Waals surface area contributed by atoms with E-state index < -0.39 is 0 Å². The maximum Gasteiger partial charge on any atom is 0.117 e. The summed E-state index contributed by atoms with van der Waals surface area (Å²) in [5.74, 6) is 2.24. The van der Waals surface area contributed by atoms with E-state index in [-0.39, 0.29) is 0 Å². The number of rotatable bonds is 7. The summed E-state index contributed by atoms with van der Waals surface area (Å²) in [6, 6.07) is 3.99. The van der Waals surface area contributed by atoms with E-state index in [1.807, 2.05) is 12.1 Å². The molecule has 1 fully saturated rings. The van der Waals surface area contributed by atoms with E-state index >= 15 is 0 Å². The molecule has 0 radical (unpaired) electrons. The minimum absolute atomic E-state index is 0.410. The van der Waals surface area contributed by atoms with Gasteiger partial charge in [0, 0.05) is 43.9 Å². The molecule has 2 aromatic heterocycles. The molecule has 1 aliphatic carbocycles. The lowest BCUT2D eigenvalue weighted by atomic mass is 9.95. The Morgan fingerprint density at radius 1 is 1.35 bits per heavy atom. The molecule has 5 heteroatoms. The van der Waals surface area contributed by atoms with Crippen molar-refractivity contribution in [3.05, 3.63) is 41.6 Å². The Labute approximate surface area is 137 Å². The number of aryl methyl sites for hydroxylation is 1. The molecule has 5 nitrogen and oxygen atoms in total. The molecule has 2 aliphatic rings. The van der Waals surface area contributed by atoms with E-state index in [9.17, 15) is 0 Å². The first-order valence-electron chi connectivity index (χ1n) is 8.70. The van der Waals surface area contributed by atoms with E-state index in [4.69, 9.17) is 14.3 Å². The van der Waals surface area contributed by atoms with Crippen LogP contribution >= 0.6 is 0 Å². The normalized spacial score (nSPS) is 21.5. The molecule has 1 atom stereocenters. The molecule has 3 heterocycles. The first-order valence-corrected chi connectivity index (χ1v) is 8.70. The third kappa shape index (κ3) is 3.51. The van der Waals surface area contributed by atoms with Gasteiger partial charge >= 0.3 is 0 Å². The second-order valence-corrected chi connectivity index (χ2v) is 6.81. The maximum absolute atomic E-state index is 5.99. The molecule has 1 aliphatic heterocycles. The van der Waals surface area contributed by atoms with Crippen molar-refractivity contribution in [1.82, 2.24) is 14.7 Å². The van der Waals surface area contributed by atoms with Gasteiger partial charge in [0.05, 0.1) is 25.1 Å². The van der Waals surface area contributed by atoms with Crippen LogP contribution in [0.4, 0.5) is 0 Å². The Balaban J connectivity index is 1.46. The van der Waals surface area contributed by atoms with Gasteiger partial charge in [0.25, 0.3) is 0 Å². The van der Waals surface area contributed by atoms with Crippen LogP contribution in [0.5, 0.6) is 0 Å². The summed E-state index contributed by atoms with van der Waals surface area (Å²) in [6.07, 6.45) is 6.64. The highest BCUT2D eigenvalue weighted by atomic mass is 16.5. The van der Waals surface area contributed by atoms with Gasteiger partial charge in [-0.2, -0.15) is 5.10 Å². The number of aromatic nitrogens is 2. The largest absolute Gasteiger partial charge is 0.468 e. The molecule has 0 unspecified atom stereocenters. The van der Waals surface area contributed by atoms with Crippen molar-refractivity contribution in [2.45, 2.75) is 45.3 Å². The van der Waals surface area contributed by atoms with Crippen LogP contribution in [0.3, 0.4) is 0 Å². The zero-order valence-electron chi connectivity index (χ0n) is 13.8. The van der Waals surface area contributed by atoms with Gasteiger partial charge in [-0.15, -0.1) is 0 Å². The molecule has 0 aromatic carbocycles. The summed E-state index contributed by atoms with van der Waals surface area (Å²) >= 11 is 0. The minimum atomic E-state index is 0.410. The number of nitrogens with zero attached hydrogens (tertiary/aromatic N) is 3. The monoisotopic (exact) mass is 315 g/mol. The molecule has 124 valence electrons. The van der Waals surface area contributed by atoms with Gasteiger partial charge in [0.1, 0.15) is 5.76 Å². The third-order valence-corrected chi connectivity index (χ3v) is 4.82. The Morgan fingerprint density at radius 3 is 3.00 bits per heavy atom. The fraction of sp³-hybridized carbons (Fsp3) is 0.611. The fourth-order valence-electron chi connectivity index (χ4n) is 3.34. The number of fused-ring (bicyclic) bond motifs is 1. The van der Waals surface area contributed by atoms with Crippen LogP contribution in [0.25, 0.3) is 0 Å². The van der Waals surface area contributed by atoms with Crippen molar-refractivity contribution >= 4 is 0 Å². The van der Waals surface area contributed by atoms with Crippen molar-refractivity contribution in [3.63, 3.8) is 0 Å². The number of hydrogen-bond donors (Lipinski definition) is 0. The second-order valence-electron chi connectivity index (χ2n) is 6.81. The van der Waals surface area contributed by atoms with Crippen molar-refractivity contribution < 1.29 is 9.15 Å². The quantitative estimate of drug-likeness (QED) is 0.788. The lowest BCUT2D eigenvalue weighted by Gasteiger charge is -2.31. The number of hydrogen-bond acceptors (Lipinski definition) is 4. The molecular weight excluding hydrogens is 290 g/mol. The topological polar surface area (TPSA) is 43.4 Å². The van der Waals surface area contributed by atoms with Crippen LogP contribution in [0.15, 0.2) is 29.0 Å². The van der Waals surface area contributed by atoms with E-state index in [1.165, 1.54) is 24.1 Å². The Bertz CT molecular complexity index is 631. The molecule has 0 N–H and O–H groups in total. The number of ether oxygens (including phenoxy) is 1. The molecule has 2 aromatic rings. The molecular formula is C18H25N3O2. The molecule has 0 bridgehead atoms. The maximum atomic E-state index is 5.99. The summed E-state index contributed by atoms with van der Waals surface area (Å²) in [4.78, 5) is 2.42. The summed E-state index contributed by atoms with van der Waals surface area (Å²) in [5, 5.41) is 4.74. The zero-order valence-corrected chi connectivity index (χ0v) is 13.8. The van der Waals surface area contributed by atoms with Gasteiger partial charge < -0.3 is 9.15 Å². The van der Waals surface area contributed by atoms with Gasteiger partial charge in [-0.25, -0.2) is 0 Å². The molecule has 4 rings (SSSR count). The van der Waals surface area contributed by atoms with Crippen LogP contribution in [-0.4, -0.2) is 34.4 Å². The highest BCUT2D eigenvalue weighted by molar-refractivity contribution is 5.25. The van der Waals surface area contributed by atoms with E-state index in [0.717, 1.165) is 51.1 Å². The lowest BCUT2D eigenvalue weighted by Crippen LogP contribution is -2.34. The number of furan rings is 1. The molecule has 23 heavy (non-hydrogen) atoms. The summed E-state index contributed by atoms with van der Waals surface area (Å²) in [7, 11) is 0. The Morgan fingerprint density at radius 2 is 2.26 bits per heavy atom.